The molecule has 204 valence electrons. The van der Waals surface area contributed by atoms with E-state index in [2.05, 4.69) is 10.6 Å². The Labute approximate surface area is 236 Å². The van der Waals surface area contributed by atoms with Crippen molar-refractivity contribution in [1.29, 1.82) is 0 Å². The van der Waals surface area contributed by atoms with Gasteiger partial charge in [-0.1, -0.05) is 36.4 Å². The molecule has 9 heteroatoms. The standard InChI is InChI=1S/C31H28N2O6S/c1-19-9-10-22(31(36)37)17-25(19)33-30(35)28(20-7-5-4-6-8-20)40-24-14-12-23(13-15-24)32-29(34)21-11-16-26(38-2)27(18-21)39-3/h4-18,28H,1-3H3,(H,32,34)(H,33,35)(H,36,37). The maximum atomic E-state index is 13.5. The van der Waals surface area contributed by atoms with E-state index in [1.165, 1.54) is 38.1 Å². The van der Waals surface area contributed by atoms with Crippen molar-refractivity contribution in [2.24, 2.45) is 0 Å². The minimum atomic E-state index is -1.07. The van der Waals surface area contributed by atoms with Crippen molar-refractivity contribution in [3.05, 3.63) is 113 Å². The number of carbonyl (C=O) groups excluding carboxylic acids is 2. The van der Waals surface area contributed by atoms with Crippen LogP contribution in [0, 0.1) is 6.92 Å². The van der Waals surface area contributed by atoms with Gasteiger partial charge < -0.3 is 25.2 Å². The third-order valence-corrected chi connectivity index (χ3v) is 7.36. The zero-order valence-corrected chi connectivity index (χ0v) is 23.0. The van der Waals surface area contributed by atoms with E-state index in [1.807, 2.05) is 42.5 Å². The molecule has 4 aromatic rings. The van der Waals surface area contributed by atoms with Gasteiger partial charge in [-0.2, -0.15) is 0 Å². The Morgan fingerprint density at radius 3 is 2.10 bits per heavy atom. The Balaban J connectivity index is 1.51. The molecule has 3 N–H and O–H groups in total. The molecule has 1 unspecified atom stereocenters. The van der Waals surface area contributed by atoms with Gasteiger partial charge in [-0.3, -0.25) is 9.59 Å². The van der Waals surface area contributed by atoms with Gasteiger partial charge in [0.25, 0.3) is 5.91 Å². The third kappa shape index (κ3) is 6.81. The Kier molecular flexibility index (Phi) is 9.08. The van der Waals surface area contributed by atoms with Crippen LogP contribution in [0.3, 0.4) is 0 Å². The zero-order valence-electron chi connectivity index (χ0n) is 22.1. The van der Waals surface area contributed by atoms with Crippen LogP contribution in [0.25, 0.3) is 0 Å². The number of carboxylic acids is 1. The molecule has 0 aliphatic heterocycles. The van der Waals surface area contributed by atoms with Crippen molar-refractivity contribution < 1.29 is 29.0 Å². The third-order valence-electron chi connectivity index (χ3n) is 6.09. The van der Waals surface area contributed by atoms with E-state index in [-0.39, 0.29) is 17.4 Å². The molecule has 2 amide bonds. The minimum Gasteiger partial charge on any atom is -0.493 e. The lowest BCUT2D eigenvalue weighted by Crippen LogP contribution is -2.20. The second-order valence-corrected chi connectivity index (χ2v) is 9.96. The molecule has 4 rings (SSSR count). The predicted octanol–water partition coefficient (Wildman–Crippen LogP) is 6.43. The van der Waals surface area contributed by atoms with Crippen molar-refractivity contribution in [1.82, 2.24) is 0 Å². The van der Waals surface area contributed by atoms with Crippen molar-refractivity contribution >= 4 is 40.9 Å². The van der Waals surface area contributed by atoms with E-state index in [4.69, 9.17) is 9.47 Å². The lowest BCUT2D eigenvalue weighted by atomic mass is 10.1. The van der Waals surface area contributed by atoms with Crippen LogP contribution in [0.1, 0.15) is 37.1 Å². The SMILES string of the molecule is COc1ccc(C(=O)Nc2ccc(SC(C(=O)Nc3cc(C(=O)O)ccc3C)c3ccccc3)cc2)cc1OC. The first-order chi connectivity index (χ1) is 19.3. The molecule has 0 heterocycles. The van der Waals surface area contributed by atoms with E-state index in [1.54, 1.807) is 43.3 Å². The number of aromatic carboxylic acids is 1. The quantitative estimate of drug-likeness (QED) is 0.193. The van der Waals surface area contributed by atoms with Crippen LogP contribution < -0.4 is 20.1 Å². The molecule has 0 spiro atoms. The molecule has 0 aromatic heterocycles. The zero-order chi connectivity index (χ0) is 28.6. The number of thioether (sulfide) groups is 1. The highest BCUT2D eigenvalue weighted by Crippen LogP contribution is 2.37. The molecule has 0 aliphatic rings. The van der Waals surface area contributed by atoms with E-state index < -0.39 is 11.2 Å². The van der Waals surface area contributed by atoms with Crippen molar-refractivity contribution in [3.8, 4) is 11.5 Å². The highest BCUT2D eigenvalue weighted by molar-refractivity contribution is 8.00. The number of carbonyl (C=O) groups is 3. The predicted molar refractivity (Wildman–Crippen MR) is 156 cm³/mol. The Morgan fingerprint density at radius 1 is 0.775 bits per heavy atom. The van der Waals surface area contributed by atoms with Crippen molar-refractivity contribution in [3.63, 3.8) is 0 Å². The second kappa shape index (κ2) is 12.9. The lowest BCUT2D eigenvalue weighted by molar-refractivity contribution is -0.115. The van der Waals surface area contributed by atoms with Gasteiger partial charge in [-0.25, -0.2) is 4.79 Å². The number of hydrogen-bond donors (Lipinski definition) is 3. The summed E-state index contributed by atoms with van der Waals surface area (Å²) in [6.45, 7) is 1.81. The van der Waals surface area contributed by atoms with Crippen LogP contribution in [-0.4, -0.2) is 37.1 Å². The van der Waals surface area contributed by atoms with Crippen molar-refractivity contribution in [2.75, 3.05) is 24.9 Å². The monoisotopic (exact) mass is 556 g/mol. The summed E-state index contributed by atoms with van der Waals surface area (Å²) in [6, 6.07) is 26.1. The highest BCUT2D eigenvalue weighted by atomic mass is 32.2. The Bertz CT molecular complexity index is 1520. The van der Waals surface area contributed by atoms with Gasteiger partial charge >= 0.3 is 5.97 Å². The van der Waals surface area contributed by atoms with Gasteiger partial charge in [-0.05, 0) is 72.6 Å². The smallest absolute Gasteiger partial charge is 0.335 e. The van der Waals surface area contributed by atoms with E-state index >= 15 is 0 Å². The van der Waals surface area contributed by atoms with E-state index in [0.717, 1.165) is 16.0 Å². The first-order valence-electron chi connectivity index (χ1n) is 12.3. The van der Waals surface area contributed by atoms with E-state index in [9.17, 15) is 19.5 Å². The number of amides is 2. The van der Waals surface area contributed by atoms with Gasteiger partial charge in [-0.15, -0.1) is 11.8 Å². The Hall–Kier alpha value is -4.76. The summed E-state index contributed by atoms with van der Waals surface area (Å²) in [7, 11) is 3.04. The molecule has 0 radical (unpaired) electrons. The average molecular weight is 557 g/mol. The van der Waals surface area contributed by atoms with Crippen LogP contribution in [0.2, 0.25) is 0 Å². The lowest BCUT2D eigenvalue weighted by Gasteiger charge is -2.18. The second-order valence-electron chi connectivity index (χ2n) is 8.78. The number of anilines is 2. The molecular formula is C31H28N2O6S. The molecule has 0 bridgehead atoms. The maximum absolute atomic E-state index is 13.5. The fourth-order valence-electron chi connectivity index (χ4n) is 3.92. The maximum Gasteiger partial charge on any atom is 0.335 e. The molecule has 0 fully saturated rings. The highest BCUT2D eigenvalue weighted by Gasteiger charge is 2.23. The molecule has 0 aliphatic carbocycles. The molecular weight excluding hydrogens is 528 g/mol. The molecule has 0 saturated heterocycles. The van der Waals surface area contributed by atoms with Crippen LogP contribution in [0.5, 0.6) is 11.5 Å². The first kappa shape index (κ1) is 28.3. The van der Waals surface area contributed by atoms with Gasteiger partial charge in [0.2, 0.25) is 5.91 Å². The van der Waals surface area contributed by atoms with Gasteiger partial charge in [0.05, 0.1) is 19.8 Å². The number of aryl methyl sites for hydroxylation is 1. The van der Waals surface area contributed by atoms with Gasteiger partial charge in [0.15, 0.2) is 11.5 Å². The topological polar surface area (TPSA) is 114 Å². The normalized spacial score (nSPS) is 11.3. The number of nitrogens with one attached hydrogen (secondary N) is 2. The molecule has 40 heavy (non-hydrogen) atoms. The first-order valence-corrected chi connectivity index (χ1v) is 13.2. The summed E-state index contributed by atoms with van der Waals surface area (Å²) in [5, 5.41) is 14.5. The number of carboxylic acid groups (broad SMARTS) is 1. The minimum absolute atomic E-state index is 0.0931. The van der Waals surface area contributed by atoms with Crippen molar-refractivity contribution in [2.45, 2.75) is 17.1 Å². The largest absolute Gasteiger partial charge is 0.493 e. The summed E-state index contributed by atoms with van der Waals surface area (Å²) in [5.74, 6) is -0.670. The van der Waals surface area contributed by atoms with Gasteiger partial charge in [0.1, 0.15) is 5.25 Å². The molecule has 4 aromatic carbocycles. The fourth-order valence-corrected chi connectivity index (χ4v) is 4.95. The van der Waals surface area contributed by atoms with Crippen LogP contribution in [0.4, 0.5) is 11.4 Å². The number of methoxy groups -OCH3 is 2. The summed E-state index contributed by atoms with van der Waals surface area (Å²) in [6.07, 6.45) is 0. The van der Waals surface area contributed by atoms with E-state index in [0.29, 0.717) is 28.4 Å². The van der Waals surface area contributed by atoms with Crippen LogP contribution in [0.15, 0.2) is 95.9 Å². The van der Waals surface area contributed by atoms with Crippen LogP contribution >= 0.6 is 11.8 Å². The average Bonchev–Trinajstić information content (AvgIpc) is 2.97. The van der Waals surface area contributed by atoms with Gasteiger partial charge in [0, 0.05) is 21.8 Å². The number of hydrogen-bond acceptors (Lipinski definition) is 6. The van der Waals surface area contributed by atoms with Crippen LogP contribution in [-0.2, 0) is 4.79 Å². The number of ether oxygens (including phenoxy) is 2. The fraction of sp³-hybridized carbons (Fsp3) is 0.129. The Morgan fingerprint density at radius 2 is 1.45 bits per heavy atom. The molecule has 8 nitrogen and oxygen atoms in total. The molecule has 1 atom stereocenters. The summed E-state index contributed by atoms with van der Waals surface area (Å²) in [5.41, 5.74) is 3.09. The molecule has 0 saturated carbocycles. The summed E-state index contributed by atoms with van der Waals surface area (Å²) in [4.78, 5) is 38.5. The summed E-state index contributed by atoms with van der Waals surface area (Å²) >= 11 is 1.35. The number of rotatable bonds is 10. The summed E-state index contributed by atoms with van der Waals surface area (Å²) < 4.78 is 10.5. The number of benzene rings is 4.